The summed E-state index contributed by atoms with van der Waals surface area (Å²) in [5, 5.41) is 14.0. The van der Waals surface area contributed by atoms with Gasteiger partial charge in [0.15, 0.2) is 5.41 Å². The molecule has 21 heavy (non-hydrogen) atoms. The highest BCUT2D eigenvalue weighted by atomic mass is 19.4. The number of nitrogens with one attached hydrogen (secondary N) is 2. The molecule has 116 valence electrons. The molecule has 1 aliphatic rings. The maximum atomic E-state index is 13.2. The minimum atomic E-state index is -4.58. The lowest BCUT2D eigenvalue weighted by Gasteiger charge is -2.29. The van der Waals surface area contributed by atoms with Gasteiger partial charge in [0, 0.05) is 13.1 Å². The Morgan fingerprint density at radius 2 is 2.10 bits per heavy atom. The SMILES string of the molecule is O=C(NCc1cccc(CO)c1)C1(C(F)(F)F)CCNC1. The molecular weight excluding hydrogens is 285 g/mol. The van der Waals surface area contributed by atoms with Gasteiger partial charge >= 0.3 is 6.18 Å². The number of hydrogen-bond donors (Lipinski definition) is 3. The lowest BCUT2D eigenvalue weighted by Crippen LogP contribution is -2.52. The van der Waals surface area contributed by atoms with Gasteiger partial charge in [0.2, 0.25) is 5.91 Å². The van der Waals surface area contributed by atoms with Crippen molar-refractivity contribution in [1.82, 2.24) is 10.6 Å². The average Bonchev–Trinajstić information content (AvgIpc) is 2.95. The Bertz CT molecular complexity index is 511. The highest BCUT2D eigenvalue weighted by Gasteiger charge is 2.61. The van der Waals surface area contributed by atoms with Crippen LogP contribution in [0.5, 0.6) is 0 Å². The van der Waals surface area contributed by atoms with Gasteiger partial charge < -0.3 is 15.7 Å². The van der Waals surface area contributed by atoms with Crippen LogP contribution in [0.15, 0.2) is 24.3 Å². The zero-order valence-electron chi connectivity index (χ0n) is 11.3. The Morgan fingerprint density at radius 3 is 2.67 bits per heavy atom. The highest BCUT2D eigenvalue weighted by molar-refractivity contribution is 5.84. The van der Waals surface area contributed by atoms with E-state index in [-0.39, 0.29) is 32.7 Å². The van der Waals surface area contributed by atoms with E-state index in [0.717, 1.165) is 0 Å². The quantitative estimate of drug-likeness (QED) is 0.786. The Kier molecular flexibility index (Phi) is 4.53. The molecule has 0 bridgehead atoms. The number of aliphatic hydroxyl groups excluding tert-OH is 1. The molecule has 1 aliphatic heterocycles. The lowest BCUT2D eigenvalue weighted by molar-refractivity contribution is -0.216. The Balaban J connectivity index is 2.06. The summed E-state index contributed by atoms with van der Waals surface area (Å²) >= 11 is 0. The largest absolute Gasteiger partial charge is 0.404 e. The monoisotopic (exact) mass is 302 g/mol. The van der Waals surface area contributed by atoms with Gasteiger partial charge in [-0.25, -0.2) is 0 Å². The fourth-order valence-electron chi connectivity index (χ4n) is 2.45. The van der Waals surface area contributed by atoms with Crippen LogP contribution >= 0.6 is 0 Å². The molecular formula is C14H17F3N2O2. The molecule has 1 fully saturated rings. The molecule has 1 amide bonds. The van der Waals surface area contributed by atoms with Gasteiger partial charge in [-0.1, -0.05) is 24.3 Å². The lowest BCUT2D eigenvalue weighted by atomic mass is 9.85. The summed E-state index contributed by atoms with van der Waals surface area (Å²) in [7, 11) is 0. The second kappa shape index (κ2) is 6.03. The number of rotatable bonds is 4. The number of carbonyl (C=O) groups excluding carboxylic acids is 1. The smallest absolute Gasteiger partial charge is 0.392 e. The van der Waals surface area contributed by atoms with Gasteiger partial charge in [-0.3, -0.25) is 4.79 Å². The van der Waals surface area contributed by atoms with E-state index in [4.69, 9.17) is 5.11 Å². The second-order valence-corrected chi connectivity index (χ2v) is 5.17. The van der Waals surface area contributed by atoms with Crippen molar-refractivity contribution >= 4 is 5.91 Å². The van der Waals surface area contributed by atoms with Crippen molar-refractivity contribution in [2.45, 2.75) is 25.7 Å². The molecule has 0 aliphatic carbocycles. The molecule has 1 saturated heterocycles. The second-order valence-electron chi connectivity index (χ2n) is 5.17. The van der Waals surface area contributed by atoms with E-state index >= 15 is 0 Å². The first-order chi connectivity index (χ1) is 9.89. The third-order valence-electron chi connectivity index (χ3n) is 3.76. The predicted octanol–water partition coefficient (Wildman–Crippen LogP) is 1.34. The van der Waals surface area contributed by atoms with E-state index in [2.05, 4.69) is 10.6 Å². The van der Waals surface area contributed by atoms with Gasteiger partial charge in [0.05, 0.1) is 6.61 Å². The van der Waals surface area contributed by atoms with Crippen LogP contribution < -0.4 is 10.6 Å². The first-order valence-corrected chi connectivity index (χ1v) is 6.63. The number of benzene rings is 1. The van der Waals surface area contributed by atoms with Crippen LogP contribution in [0.4, 0.5) is 13.2 Å². The molecule has 0 radical (unpaired) electrons. The summed E-state index contributed by atoms with van der Waals surface area (Å²) in [4.78, 5) is 12.0. The van der Waals surface area contributed by atoms with E-state index in [1.165, 1.54) is 0 Å². The summed E-state index contributed by atoms with van der Waals surface area (Å²) in [5.41, 5.74) is -1.05. The highest BCUT2D eigenvalue weighted by Crippen LogP contribution is 2.43. The first kappa shape index (κ1) is 15.8. The van der Waals surface area contributed by atoms with E-state index in [9.17, 15) is 18.0 Å². The third-order valence-corrected chi connectivity index (χ3v) is 3.76. The van der Waals surface area contributed by atoms with Crippen LogP contribution in [-0.4, -0.2) is 30.3 Å². The maximum Gasteiger partial charge on any atom is 0.404 e. The molecule has 1 aromatic rings. The maximum absolute atomic E-state index is 13.2. The Hall–Kier alpha value is -1.60. The summed E-state index contributed by atoms with van der Waals surface area (Å²) in [6, 6.07) is 6.72. The van der Waals surface area contributed by atoms with E-state index < -0.39 is 17.5 Å². The predicted molar refractivity (Wildman–Crippen MR) is 70.2 cm³/mol. The number of alkyl halides is 3. The molecule has 4 nitrogen and oxygen atoms in total. The number of carbonyl (C=O) groups is 1. The van der Waals surface area contributed by atoms with Gasteiger partial charge in [-0.05, 0) is 24.1 Å². The fourth-order valence-corrected chi connectivity index (χ4v) is 2.45. The van der Waals surface area contributed by atoms with Crippen LogP contribution in [0.1, 0.15) is 17.5 Å². The molecule has 7 heteroatoms. The van der Waals surface area contributed by atoms with Crippen LogP contribution in [0.25, 0.3) is 0 Å². The van der Waals surface area contributed by atoms with Crippen molar-refractivity contribution in [3.63, 3.8) is 0 Å². The standard InChI is InChI=1S/C14H17F3N2O2/c15-14(16,17)13(4-5-18-9-13)12(21)19-7-10-2-1-3-11(6-10)8-20/h1-3,6,18,20H,4-5,7-9H2,(H,19,21). The third kappa shape index (κ3) is 3.19. The molecule has 2 rings (SSSR count). The Morgan fingerprint density at radius 1 is 1.38 bits per heavy atom. The van der Waals surface area contributed by atoms with Crippen molar-refractivity contribution in [1.29, 1.82) is 0 Å². The van der Waals surface area contributed by atoms with Crippen LogP contribution in [0, 0.1) is 5.41 Å². The summed E-state index contributed by atoms with van der Waals surface area (Å²) in [6.45, 7) is -0.366. The summed E-state index contributed by atoms with van der Waals surface area (Å²) in [6.07, 6.45) is -4.83. The normalized spacial score (nSPS) is 22.3. The molecule has 0 aromatic heterocycles. The van der Waals surface area contributed by atoms with Crippen LogP contribution in [0.3, 0.4) is 0 Å². The average molecular weight is 302 g/mol. The minimum absolute atomic E-state index is 0.00447. The molecule has 1 heterocycles. The van der Waals surface area contributed by atoms with Crippen molar-refractivity contribution in [3.05, 3.63) is 35.4 Å². The number of hydrogen-bond acceptors (Lipinski definition) is 3. The van der Waals surface area contributed by atoms with Gasteiger partial charge in [-0.2, -0.15) is 13.2 Å². The topological polar surface area (TPSA) is 61.4 Å². The summed E-state index contributed by atoms with van der Waals surface area (Å²) in [5.74, 6) is -1.01. The van der Waals surface area contributed by atoms with Gasteiger partial charge in [-0.15, -0.1) is 0 Å². The number of halogens is 3. The van der Waals surface area contributed by atoms with E-state index in [1.54, 1.807) is 24.3 Å². The van der Waals surface area contributed by atoms with E-state index in [1.807, 2.05) is 0 Å². The zero-order valence-corrected chi connectivity index (χ0v) is 11.3. The van der Waals surface area contributed by atoms with Crippen molar-refractivity contribution in [2.75, 3.05) is 13.1 Å². The molecule has 3 N–H and O–H groups in total. The zero-order chi connectivity index (χ0) is 15.5. The van der Waals surface area contributed by atoms with E-state index in [0.29, 0.717) is 11.1 Å². The molecule has 1 atom stereocenters. The molecule has 0 saturated carbocycles. The van der Waals surface area contributed by atoms with Crippen molar-refractivity contribution < 1.29 is 23.1 Å². The van der Waals surface area contributed by atoms with Crippen molar-refractivity contribution in [2.24, 2.45) is 5.41 Å². The van der Waals surface area contributed by atoms with Crippen LogP contribution in [-0.2, 0) is 17.9 Å². The number of aliphatic hydroxyl groups is 1. The number of amides is 1. The minimum Gasteiger partial charge on any atom is -0.392 e. The fraction of sp³-hybridized carbons (Fsp3) is 0.500. The van der Waals surface area contributed by atoms with Crippen molar-refractivity contribution in [3.8, 4) is 0 Å². The molecule has 0 spiro atoms. The Labute approximate surface area is 120 Å². The molecule has 1 unspecified atom stereocenters. The molecule has 1 aromatic carbocycles. The van der Waals surface area contributed by atoms with Crippen LogP contribution in [0.2, 0.25) is 0 Å². The van der Waals surface area contributed by atoms with Gasteiger partial charge in [0.1, 0.15) is 0 Å². The first-order valence-electron chi connectivity index (χ1n) is 6.63. The summed E-state index contributed by atoms with van der Waals surface area (Å²) < 4.78 is 39.5. The van der Waals surface area contributed by atoms with Gasteiger partial charge in [0.25, 0.3) is 0 Å².